The minimum atomic E-state index is -1.27. The Morgan fingerprint density at radius 3 is 1.13 bits per heavy atom. The summed E-state index contributed by atoms with van der Waals surface area (Å²) >= 11 is 0. The highest BCUT2D eigenvalue weighted by molar-refractivity contribution is 5.96. The Labute approximate surface area is 263 Å². The third kappa shape index (κ3) is 12.4. The maximum atomic E-state index is 10.8. The molecular weight excluding hydrogens is 604 g/mol. The SMILES string of the molecule is CCOc1ccccc1C(N)=O.CCOc1ccccc1C(N)=O.O=C(O)c1cc(O)ccc1O.O=C(O)c1cc(O)ccc1O. The van der Waals surface area contributed by atoms with Gasteiger partial charge in [0.25, 0.3) is 11.8 Å². The number of benzene rings is 4. The molecule has 244 valence electrons. The number of nitrogens with two attached hydrogens (primary N) is 2. The van der Waals surface area contributed by atoms with E-state index >= 15 is 0 Å². The number of carbonyl (C=O) groups excluding carboxylic acids is 2. The number of carboxylic acid groups (broad SMARTS) is 2. The van der Waals surface area contributed by atoms with Gasteiger partial charge in [-0.25, -0.2) is 9.59 Å². The third-order valence-electron chi connectivity index (χ3n) is 5.33. The number of amides is 2. The molecule has 4 aromatic rings. The second kappa shape index (κ2) is 19.0. The zero-order chi connectivity index (χ0) is 34.8. The highest BCUT2D eigenvalue weighted by Crippen LogP contribution is 2.22. The molecule has 14 nitrogen and oxygen atoms in total. The molecule has 0 radical (unpaired) electrons. The number of ether oxygens (including phenoxy) is 2. The van der Waals surface area contributed by atoms with E-state index in [2.05, 4.69) is 0 Å². The molecule has 10 N–H and O–H groups in total. The Kier molecular flexibility index (Phi) is 15.5. The van der Waals surface area contributed by atoms with Crippen molar-refractivity contribution in [2.24, 2.45) is 11.5 Å². The van der Waals surface area contributed by atoms with Crippen LogP contribution in [0.2, 0.25) is 0 Å². The molecule has 0 atom stereocenters. The van der Waals surface area contributed by atoms with Crippen molar-refractivity contribution in [3.8, 4) is 34.5 Å². The minimum Gasteiger partial charge on any atom is -0.508 e. The van der Waals surface area contributed by atoms with Gasteiger partial charge in [-0.3, -0.25) is 9.59 Å². The fourth-order valence-electron chi connectivity index (χ4n) is 3.29. The van der Waals surface area contributed by atoms with Gasteiger partial charge >= 0.3 is 11.9 Å². The number of rotatable bonds is 8. The molecule has 46 heavy (non-hydrogen) atoms. The van der Waals surface area contributed by atoms with Crippen molar-refractivity contribution >= 4 is 23.8 Å². The molecule has 0 aliphatic rings. The summed E-state index contributed by atoms with van der Waals surface area (Å²) < 4.78 is 10.4. The summed E-state index contributed by atoms with van der Waals surface area (Å²) in [5, 5.41) is 52.3. The first kappa shape index (κ1) is 37.6. The number of aromatic hydroxyl groups is 4. The number of para-hydroxylation sites is 2. The maximum Gasteiger partial charge on any atom is 0.339 e. The van der Waals surface area contributed by atoms with Crippen molar-refractivity contribution in [3.63, 3.8) is 0 Å². The number of aromatic carboxylic acids is 2. The second-order valence-electron chi connectivity index (χ2n) is 8.60. The zero-order valence-electron chi connectivity index (χ0n) is 24.8. The molecule has 4 rings (SSSR count). The first-order valence-electron chi connectivity index (χ1n) is 13.3. The Hall–Kier alpha value is -6.44. The van der Waals surface area contributed by atoms with E-state index < -0.39 is 23.8 Å². The van der Waals surface area contributed by atoms with Gasteiger partial charge in [0.15, 0.2) is 0 Å². The van der Waals surface area contributed by atoms with E-state index in [0.29, 0.717) is 35.8 Å². The minimum absolute atomic E-state index is 0.180. The van der Waals surface area contributed by atoms with E-state index in [0.717, 1.165) is 24.3 Å². The smallest absolute Gasteiger partial charge is 0.339 e. The van der Waals surface area contributed by atoms with Gasteiger partial charge in [-0.2, -0.15) is 0 Å². The molecule has 0 unspecified atom stereocenters. The number of hydrogen-bond acceptors (Lipinski definition) is 10. The highest BCUT2D eigenvalue weighted by Gasteiger charge is 2.10. The van der Waals surface area contributed by atoms with Crippen molar-refractivity contribution in [2.75, 3.05) is 13.2 Å². The van der Waals surface area contributed by atoms with E-state index in [4.69, 9.17) is 51.6 Å². The number of carbonyl (C=O) groups is 4. The van der Waals surface area contributed by atoms with Crippen LogP contribution in [0, 0.1) is 0 Å². The summed E-state index contributed by atoms with van der Waals surface area (Å²) in [6.07, 6.45) is 0. The van der Waals surface area contributed by atoms with Crippen molar-refractivity contribution in [2.45, 2.75) is 13.8 Å². The maximum absolute atomic E-state index is 10.8. The fourth-order valence-corrected chi connectivity index (χ4v) is 3.29. The number of hydrogen-bond donors (Lipinski definition) is 8. The molecule has 0 aliphatic carbocycles. The van der Waals surface area contributed by atoms with E-state index in [1.807, 2.05) is 13.8 Å². The van der Waals surface area contributed by atoms with Crippen LogP contribution in [0.3, 0.4) is 0 Å². The van der Waals surface area contributed by atoms with E-state index in [9.17, 15) is 19.2 Å². The van der Waals surface area contributed by atoms with Crippen LogP contribution in [-0.2, 0) is 0 Å². The van der Waals surface area contributed by atoms with Crippen molar-refractivity contribution in [1.29, 1.82) is 0 Å². The Bertz CT molecular complexity index is 1520. The lowest BCUT2D eigenvalue weighted by Crippen LogP contribution is -2.12. The number of phenols is 4. The summed E-state index contributed by atoms with van der Waals surface area (Å²) in [7, 11) is 0. The average molecular weight is 639 g/mol. The zero-order valence-corrected chi connectivity index (χ0v) is 24.8. The van der Waals surface area contributed by atoms with E-state index in [-0.39, 0.29) is 34.1 Å². The van der Waals surface area contributed by atoms with Crippen molar-refractivity contribution in [1.82, 2.24) is 0 Å². The molecule has 0 saturated heterocycles. The summed E-state index contributed by atoms with van der Waals surface area (Å²) in [4.78, 5) is 42.3. The molecule has 0 heterocycles. The largest absolute Gasteiger partial charge is 0.508 e. The second-order valence-corrected chi connectivity index (χ2v) is 8.60. The van der Waals surface area contributed by atoms with Crippen molar-refractivity contribution in [3.05, 3.63) is 107 Å². The standard InChI is InChI=1S/2C9H11NO2.2C7H6O4/c2*1-2-12-8-6-4-3-5-7(8)9(10)11;2*8-4-1-2-6(9)5(3-4)7(10)11/h2*3-6H,2H2,1H3,(H2,10,11);2*1-3,8-9H,(H,10,11). The monoisotopic (exact) mass is 638 g/mol. The normalized spacial score (nSPS) is 9.43. The molecule has 0 saturated carbocycles. The quantitative estimate of drug-likeness (QED) is 0.128. The van der Waals surface area contributed by atoms with Gasteiger partial charge in [-0.1, -0.05) is 24.3 Å². The lowest BCUT2D eigenvalue weighted by atomic mass is 10.2. The molecule has 14 heteroatoms. The van der Waals surface area contributed by atoms with Crippen LogP contribution < -0.4 is 20.9 Å². The molecule has 0 fully saturated rings. The van der Waals surface area contributed by atoms with Gasteiger partial charge in [0.05, 0.1) is 24.3 Å². The number of primary amides is 2. The van der Waals surface area contributed by atoms with Crippen LogP contribution >= 0.6 is 0 Å². The van der Waals surface area contributed by atoms with Crippen LogP contribution in [0.1, 0.15) is 55.3 Å². The van der Waals surface area contributed by atoms with Crippen LogP contribution in [-0.4, -0.2) is 67.6 Å². The number of phenolic OH excluding ortho intramolecular Hbond substituents is 2. The molecule has 0 bridgehead atoms. The Balaban J connectivity index is 0.000000307. The third-order valence-corrected chi connectivity index (χ3v) is 5.33. The molecule has 0 aliphatic heterocycles. The summed E-state index contributed by atoms with van der Waals surface area (Å²) in [5.74, 6) is -3.42. The lowest BCUT2D eigenvalue weighted by Gasteiger charge is -2.05. The van der Waals surface area contributed by atoms with Gasteiger partial charge in [0, 0.05) is 0 Å². The molecule has 4 aromatic carbocycles. The van der Waals surface area contributed by atoms with Crippen LogP contribution in [0.5, 0.6) is 34.5 Å². The van der Waals surface area contributed by atoms with Gasteiger partial charge in [-0.15, -0.1) is 0 Å². The summed E-state index contributed by atoms with van der Waals surface area (Å²) in [6.45, 7) is 4.78. The van der Waals surface area contributed by atoms with Crippen molar-refractivity contribution < 1.29 is 59.3 Å². The summed E-state index contributed by atoms with van der Waals surface area (Å²) in [6, 6.07) is 20.5. The average Bonchev–Trinajstić information content (AvgIpc) is 3.01. The predicted octanol–water partition coefficient (Wildman–Crippen LogP) is 3.96. The van der Waals surface area contributed by atoms with Crippen LogP contribution in [0.4, 0.5) is 0 Å². The predicted molar refractivity (Wildman–Crippen MR) is 166 cm³/mol. The molecule has 0 aromatic heterocycles. The lowest BCUT2D eigenvalue weighted by molar-refractivity contribution is 0.0682. The topological polar surface area (TPSA) is 260 Å². The van der Waals surface area contributed by atoms with Crippen LogP contribution in [0.25, 0.3) is 0 Å². The van der Waals surface area contributed by atoms with Gasteiger partial charge < -0.3 is 51.6 Å². The molecule has 0 spiro atoms. The Morgan fingerprint density at radius 2 is 0.870 bits per heavy atom. The summed E-state index contributed by atoms with van der Waals surface area (Å²) in [5.41, 5.74) is 10.5. The molecule has 2 amide bonds. The first-order valence-corrected chi connectivity index (χ1v) is 13.3. The fraction of sp³-hybridized carbons (Fsp3) is 0.125. The van der Waals surface area contributed by atoms with Gasteiger partial charge in [0.2, 0.25) is 0 Å². The first-order chi connectivity index (χ1) is 21.7. The van der Waals surface area contributed by atoms with E-state index in [1.165, 1.54) is 12.1 Å². The number of carboxylic acids is 2. The van der Waals surface area contributed by atoms with Crippen LogP contribution in [0.15, 0.2) is 84.9 Å². The van der Waals surface area contributed by atoms with E-state index in [1.54, 1.807) is 48.5 Å². The molecular formula is C32H34N2O12. The highest BCUT2D eigenvalue weighted by atomic mass is 16.5. The van der Waals surface area contributed by atoms with Gasteiger partial charge in [0.1, 0.15) is 45.6 Å². The Morgan fingerprint density at radius 1 is 0.543 bits per heavy atom. The van der Waals surface area contributed by atoms with Gasteiger partial charge in [-0.05, 0) is 74.5 Å².